The number of carbonyl (C=O) groups is 2. The average Bonchev–Trinajstić information content (AvgIpc) is 3.37. The van der Waals surface area contributed by atoms with Crippen molar-refractivity contribution in [2.75, 3.05) is 6.54 Å². The first-order valence-corrected chi connectivity index (χ1v) is 9.22. The van der Waals surface area contributed by atoms with Gasteiger partial charge in [0.1, 0.15) is 10.8 Å². The third-order valence-electron chi connectivity index (χ3n) is 4.43. The van der Waals surface area contributed by atoms with Crippen molar-refractivity contribution < 1.29 is 14.0 Å². The molecule has 3 heterocycles. The van der Waals surface area contributed by atoms with E-state index < -0.39 is 5.91 Å². The summed E-state index contributed by atoms with van der Waals surface area (Å²) >= 11 is 1.63. The van der Waals surface area contributed by atoms with Crippen molar-refractivity contribution in [1.82, 2.24) is 15.2 Å². The van der Waals surface area contributed by atoms with Crippen LogP contribution in [0.1, 0.15) is 40.2 Å². The minimum absolute atomic E-state index is 0.00909. The van der Waals surface area contributed by atoms with Crippen LogP contribution in [0.3, 0.4) is 0 Å². The normalized spacial score (nSPS) is 16.9. The minimum Gasteiger partial charge on any atom is -0.454 e. The van der Waals surface area contributed by atoms with Gasteiger partial charge in [0, 0.05) is 6.54 Å². The molecule has 4 rings (SSSR count). The molecule has 8 heteroatoms. The largest absolute Gasteiger partial charge is 0.454 e. The molecule has 1 aliphatic heterocycles. The molecule has 3 amide bonds. The van der Waals surface area contributed by atoms with E-state index in [-0.39, 0.29) is 24.4 Å². The molecule has 7 nitrogen and oxygen atoms in total. The number of likely N-dealkylation sites (tertiary alicyclic amines) is 1. The number of nitrogens with one attached hydrogen (secondary N) is 1. The third-order valence-corrected chi connectivity index (χ3v) is 5.57. The van der Waals surface area contributed by atoms with Crippen LogP contribution in [0.2, 0.25) is 0 Å². The lowest BCUT2D eigenvalue weighted by Gasteiger charge is -2.23. The number of thiazole rings is 1. The number of furan rings is 1. The number of benzene rings is 1. The van der Waals surface area contributed by atoms with Crippen molar-refractivity contribution in [3.8, 4) is 0 Å². The quantitative estimate of drug-likeness (QED) is 0.737. The predicted molar refractivity (Wildman–Crippen MR) is 97.8 cm³/mol. The summed E-state index contributed by atoms with van der Waals surface area (Å²) in [6.07, 6.45) is 1.85. The van der Waals surface area contributed by atoms with Crippen LogP contribution in [0.5, 0.6) is 0 Å². The van der Waals surface area contributed by atoms with Crippen molar-refractivity contribution in [3.05, 3.63) is 52.9 Å². The molecule has 1 fully saturated rings. The standard InChI is InChI=1S/C18H18N4O3S/c19-16(23)14-8-7-11(25-14)10-20-18(24)22-9-3-5-13(22)17-21-12-4-1-2-6-15(12)26-17/h1-2,4,6-8,13H,3,5,9-10H2,(H2,19,23)(H,20,24). The second-order valence-corrected chi connectivity index (χ2v) is 7.22. The van der Waals surface area contributed by atoms with E-state index in [0.717, 1.165) is 28.1 Å². The Hall–Kier alpha value is -2.87. The SMILES string of the molecule is NC(=O)c1ccc(CNC(=O)N2CCCC2c2nc3ccccc3s2)o1. The summed E-state index contributed by atoms with van der Waals surface area (Å²) in [5, 5.41) is 3.81. The van der Waals surface area contributed by atoms with Crippen molar-refractivity contribution in [2.24, 2.45) is 5.73 Å². The van der Waals surface area contributed by atoms with Crippen LogP contribution in [0.25, 0.3) is 10.2 Å². The van der Waals surface area contributed by atoms with Gasteiger partial charge in [-0.3, -0.25) is 4.79 Å². The first-order valence-electron chi connectivity index (χ1n) is 8.40. The van der Waals surface area contributed by atoms with Crippen molar-refractivity contribution in [2.45, 2.75) is 25.4 Å². The zero-order valence-electron chi connectivity index (χ0n) is 14.0. The molecule has 1 saturated heterocycles. The number of nitrogens with two attached hydrogens (primary N) is 1. The topological polar surface area (TPSA) is 101 Å². The molecular weight excluding hydrogens is 352 g/mol. The molecule has 2 aromatic heterocycles. The highest BCUT2D eigenvalue weighted by atomic mass is 32.1. The van der Waals surface area contributed by atoms with Gasteiger partial charge in [-0.1, -0.05) is 12.1 Å². The molecule has 1 aliphatic rings. The number of amides is 3. The summed E-state index contributed by atoms with van der Waals surface area (Å²) in [7, 11) is 0. The van der Waals surface area contributed by atoms with Crippen molar-refractivity contribution in [3.63, 3.8) is 0 Å². The lowest BCUT2D eigenvalue weighted by atomic mass is 10.2. The van der Waals surface area contributed by atoms with E-state index in [1.165, 1.54) is 6.07 Å². The molecule has 0 spiro atoms. The summed E-state index contributed by atoms with van der Waals surface area (Å²) in [5.41, 5.74) is 6.13. The summed E-state index contributed by atoms with van der Waals surface area (Å²) < 4.78 is 6.42. The zero-order valence-corrected chi connectivity index (χ0v) is 14.8. The maximum atomic E-state index is 12.6. The molecule has 26 heavy (non-hydrogen) atoms. The van der Waals surface area contributed by atoms with Gasteiger partial charge in [-0.2, -0.15) is 0 Å². The smallest absolute Gasteiger partial charge is 0.318 e. The Labute approximate surface area is 153 Å². The predicted octanol–water partition coefficient (Wildman–Crippen LogP) is 3.03. The van der Waals surface area contributed by atoms with E-state index in [0.29, 0.717) is 12.3 Å². The van der Waals surface area contributed by atoms with Crippen molar-refractivity contribution >= 4 is 33.5 Å². The molecule has 1 unspecified atom stereocenters. The van der Waals surface area contributed by atoms with Gasteiger partial charge in [0.15, 0.2) is 5.76 Å². The summed E-state index contributed by atoms with van der Waals surface area (Å²) in [4.78, 5) is 30.2. The van der Waals surface area contributed by atoms with Gasteiger partial charge in [-0.15, -0.1) is 11.3 Å². The molecule has 3 aromatic rings. The lowest BCUT2D eigenvalue weighted by molar-refractivity contribution is 0.0972. The molecule has 134 valence electrons. The Bertz CT molecular complexity index is 931. The number of para-hydroxylation sites is 1. The number of aromatic nitrogens is 1. The minimum atomic E-state index is -0.627. The van der Waals surface area contributed by atoms with Gasteiger partial charge in [0.2, 0.25) is 0 Å². The first-order chi connectivity index (χ1) is 12.6. The fraction of sp³-hybridized carbons (Fsp3) is 0.278. The zero-order chi connectivity index (χ0) is 18.1. The van der Waals surface area contributed by atoms with Gasteiger partial charge in [-0.25, -0.2) is 9.78 Å². The monoisotopic (exact) mass is 370 g/mol. The molecular formula is C18H18N4O3S. The molecule has 1 aromatic carbocycles. The van der Waals surface area contributed by atoms with Gasteiger partial charge >= 0.3 is 6.03 Å². The van der Waals surface area contributed by atoms with E-state index in [2.05, 4.69) is 5.32 Å². The van der Waals surface area contributed by atoms with Crippen LogP contribution >= 0.6 is 11.3 Å². The first kappa shape index (κ1) is 16.6. The van der Waals surface area contributed by atoms with Gasteiger partial charge in [-0.05, 0) is 37.1 Å². The number of nitrogens with zero attached hydrogens (tertiary/aromatic N) is 2. The summed E-state index contributed by atoms with van der Waals surface area (Å²) in [6, 6.07) is 11.0. The van der Waals surface area contributed by atoms with Crippen LogP contribution in [-0.4, -0.2) is 28.4 Å². The van der Waals surface area contributed by atoms with Crippen LogP contribution in [0, 0.1) is 0 Å². The molecule has 0 bridgehead atoms. The Morgan fingerprint density at radius 3 is 2.92 bits per heavy atom. The van der Waals surface area contributed by atoms with Crippen molar-refractivity contribution in [1.29, 1.82) is 0 Å². The van der Waals surface area contributed by atoms with Crippen LogP contribution in [-0.2, 0) is 6.54 Å². The number of hydrogen-bond acceptors (Lipinski definition) is 5. The Balaban J connectivity index is 1.45. The van der Waals surface area contributed by atoms with E-state index >= 15 is 0 Å². The van der Waals surface area contributed by atoms with E-state index in [9.17, 15) is 9.59 Å². The van der Waals surface area contributed by atoms with Crippen LogP contribution in [0.15, 0.2) is 40.8 Å². The maximum Gasteiger partial charge on any atom is 0.318 e. The van der Waals surface area contributed by atoms with Gasteiger partial charge in [0.25, 0.3) is 5.91 Å². The molecule has 0 aliphatic carbocycles. The highest BCUT2D eigenvalue weighted by Crippen LogP contribution is 2.36. The Morgan fingerprint density at radius 2 is 2.15 bits per heavy atom. The fourth-order valence-electron chi connectivity index (χ4n) is 3.17. The lowest BCUT2D eigenvalue weighted by Crippen LogP contribution is -2.39. The number of urea groups is 1. The molecule has 0 radical (unpaired) electrons. The number of primary amides is 1. The maximum absolute atomic E-state index is 12.6. The van der Waals surface area contributed by atoms with E-state index in [1.807, 2.05) is 29.2 Å². The summed E-state index contributed by atoms with van der Waals surface area (Å²) in [6.45, 7) is 0.895. The van der Waals surface area contributed by atoms with E-state index in [1.54, 1.807) is 17.4 Å². The Morgan fingerprint density at radius 1 is 1.31 bits per heavy atom. The van der Waals surface area contributed by atoms with E-state index in [4.69, 9.17) is 15.1 Å². The number of hydrogen-bond donors (Lipinski definition) is 2. The van der Waals surface area contributed by atoms with Gasteiger partial charge in [0.05, 0.1) is 22.8 Å². The number of fused-ring (bicyclic) bond motifs is 1. The third kappa shape index (κ3) is 3.15. The second kappa shape index (κ2) is 6.80. The average molecular weight is 370 g/mol. The highest BCUT2D eigenvalue weighted by Gasteiger charge is 2.32. The molecule has 3 N–H and O–H groups in total. The number of carbonyl (C=O) groups excluding carboxylic acids is 2. The van der Waals surface area contributed by atoms with Crippen LogP contribution in [0.4, 0.5) is 4.79 Å². The summed E-state index contributed by atoms with van der Waals surface area (Å²) in [5.74, 6) is -0.0522. The number of rotatable bonds is 4. The second-order valence-electron chi connectivity index (χ2n) is 6.16. The highest BCUT2D eigenvalue weighted by molar-refractivity contribution is 7.18. The van der Waals surface area contributed by atoms with Crippen LogP contribution < -0.4 is 11.1 Å². The molecule has 0 saturated carbocycles. The Kier molecular flexibility index (Phi) is 4.34. The fourth-order valence-corrected chi connectivity index (χ4v) is 4.28. The molecule has 1 atom stereocenters. The van der Waals surface area contributed by atoms with Gasteiger partial charge < -0.3 is 20.4 Å².